The van der Waals surface area contributed by atoms with E-state index < -0.39 is 5.82 Å². The molecule has 152 valence electrons. The van der Waals surface area contributed by atoms with Crippen LogP contribution in [0.25, 0.3) is 11.4 Å². The standard InChI is InChI=1S/C21H24FN5O2/c1-4-15-6-9-17(10-7-15)21-23-25-27(24-21)14-20(28)26(5-2)13-16-8-11-19(29-3)18(22)12-16/h6-12H,4-5,13-14H2,1-3H3. The zero-order valence-corrected chi connectivity index (χ0v) is 16.8. The summed E-state index contributed by atoms with van der Waals surface area (Å²) in [5.41, 5.74) is 2.76. The van der Waals surface area contributed by atoms with Gasteiger partial charge >= 0.3 is 0 Å². The SMILES string of the molecule is CCc1ccc(-c2nnn(CC(=O)N(CC)Cc3ccc(OC)c(F)c3)n2)cc1. The lowest BCUT2D eigenvalue weighted by molar-refractivity contribution is -0.132. The molecule has 3 rings (SSSR count). The Bertz CT molecular complexity index is 971. The lowest BCUT2D eigenvalue weighted by Crippen LogP contribution is -2.33. The highest BCUT2D eigenvalue weighted by Gasteiger charge is 2.16. The van der Waals surface area contributed by atoms with Gasteiger partial charge in [0.15, 0.2) is 11.6 Å². The van der Waals surface area contributed by atoms with Crippen LogP contribution in [0.5, 0.6) is 5.75 Å². The summed E-state index contributed by atoms with van der Waals surface area (Å²) >= 11 is 0. The Hall–Kier alpha value is -3.29. The molecule has 0 spiro atoms. The highest BCUT2D eigenvalue weighted by atomic mass is 19.1. The second-order valence-corrected chi connectivity index (χ2v) is 6.57. The predicted molar refractivity (Wildman–Crippen MR) is 107 cm³/mol. The van der Waals surface area contributed by atoms with Gasteiger partial charge in [-0.3, -0.25) is 4.79 Å². The summed E-state index contributed by atoms with van der Waals surface area (Å²) in [7, 11) is 1.41. The van der Waals surface area contributed by atoms with E-state index in [2.05, 4.69) is 22.3 Å². The normalized spacial score (nSPS) is 10.8. The Labute approximate surface area is 169 Å². The van der Waals surface area contributed by atoms with E-state index in [4.69, 9.17) is 4.74 Å². The molecule has 29 heavy (non-hydrogen) atoms. The first kappa shape index (κ1) is 20.4. The van der Waals surface area contributed by atoms with Crippen LogP contribution in [0.3, 0.4) is 0 Å². The van der Waals surface area contributed by atoms with Gasteiger partial charge in [0.25, 0.3) is 0 Å². The van der Waals surface area contributed by atoms with E-state index in [1.165, 1.54) is 23.5 Å². The van der Waals surface area contributed by atoms with Gasteiger partial charge in [-0.25, -0.2) is 4.39 Å². The Balaban J connectivity index is 1.66. The highest BCUT2D eigenvalue weighted by Crippen LogP contribution is 2.19. The lowest BCUT2D eigenvalue weighted by atomic mass is 10.1. The van der Waals surface area contributed by atoms with Crippen LogP contribution in [0, 0.1) is 5.82 Å². The van der Waals surface area contributed by atoms with Crippen molar-refractivity contribution in [3.05, 3.63) is 59.4 Å². The molecule has 0 N–H and O–H groups in total. The number of methoxy groups -OCH3 is 1. The number of rotatable bonds is 8. The summed E-state index contributed by atoms with van der Waals surface area (Å²) in [6, 6.07) is 12.6. The molecule has 0 saturated heterocycles. The molecule has 0 saturated carbocycles. The van der Waals surface area contributed by atoms with E-state index in [9.17, 15) is 9.18 Å². The van der Waals surface area contributed by atoms with Crippen molar-refractivity contribution < 1.29 is 13.9 Å². The molecule has 1 heterocycles. The maximum absolute atomic E-state index is 13.9. The van der Waals surface area contributed by atoms with Crippen molar-refractivity contribution in [3.8, 4) is 17.1 Å². The van der Waals surface area contributed by atoms with Crippen LogP contribution in [0.15, 0.2) is 42.5 Å². The number of benzene rings is 2. The van der Waals surface area contributed by atoms with Crippen LogP contribution >= 0.6 is 0 Å². The third kappa shape index (κ3) is 4.96. The number of hydrogen-bond acceptors (Lipinski definition) is 5. The van der Waals surface area contributed by atoms with Crippen molar-refractivity contribution in [3.63, 3.8) is 0 Å². The molecule has 0 bridgehead atoms. The third-order valence-corrected chi connectivity index (χ3v) is 4.67. The fourth-order valence-electron chi connectivity index (χ4n) is 2.94. The van der Waals surface area contributed by atoms with Gasteiger partial charge in [0, 0.05) is 18.7 Å². The lowest BCUT2D eigenvalue weighted by Gasteiger charge is -2.20. The number of likely N-dealkylation sites (N-methyl/N-ethyl adjacent to an activating group) is 1. The molecular weight excluding hydrogens is 373 g/mol. The Morgan fingerprint density at radius 2 is 1.86 bits per heavy atom. The minimum Gasteiger partial charge on any atom is -0.494 e. The third-order valence-electron chi connectivity index (χ3n) is 4.67. The number of carbonyl (C=O) groups is 1. The number of ether oxygens (including phenoxy) is 1. The summed E-state index contributed by atoms with van der Waals surface area (Å²) in [4.78, 5) is 15.6. The summed E-state index contributed by atoms with van der Waals surface area (Å²) in [6.07, 6.45) is 0.958. The number of halogens is 1. The topological polar surface area (TPSA) is 73.1 Å². The monoisotopic (exact) mass is 397 g/mol. The number of carbonyl (C=O) groups excluding carboxylic acids is 1. The van der Waals surface area contributed by atoms with Gasteiger partial charge in [0.2, 0.25) is 11.7 Å². The van der Waals surface area contributed by atoms with Gasteiger partial charge in [-0.1, -0.05) is 37.3 Å². The predicted octanol–water partition coefficient (Wildman–Crippen LogP) is 3.10. The van der Waals surface area contributed by atoms with Crippen LogP contribution < -0.4 is 4.74 Å². The Kier molecular flexibility index (Phi) is 6.54. The second kappa shape index (κ2) is 9.27. The molecule has 0 radical (unpaired) electrons. The largest absolute Gasteiger partial charge is 0.494 e. The molecular formula is C21H24FN5O2. The maximum Gasteiger partial charge on any atom is 0.246 e. The number of amides is 1. The molecule has 0 fully saturated rings. The number of aryl methyl sites for hydroxylation is 1. The summed E-state index contributed by atoms with van der Waals surface area (Å²) < 4.78 is 18.8. The van der Waals surface area contributed by atoms with Crippen molar-refractivity contribution in [2.45, 2.75) is 33.4 Å². The quantitative estimate of drug-likeness (QED) is 0.584. The minimum absolute atomic E-state index is 0.0352. The van der Waals surface area contributed by atoms with E-state index in [-0.39, 0.29) is 24.7 Å². The van der Waals surface area contributed by atoms with Crippen LogP contribution in [-0.2, 0) is 24.3 Å². The zero-order chi connectivity index (χ0) is 20.8. The van der Waals surface area contributed by atoms with Crippen LogP contribution in [0.2, 0.25) is 0 Å². The zero-order valence-electron chi connectivity index (χ0n) is 16.8. The first-order valence-electron chi connectivity index (χ1n) is 9.51. The summed E-state index contributed by atoms with van der Waals surface area (Å²) in [6.45, 7) is 4.69. The van der Waals surface area contributed by atoms with Gasteiger partial charge in [0.1, 0.15) is 6.54 Å². The minimum atomic E-state index is -0.454. The van der Waals surface area contributed by atoms with Crippen molar-refractivity contribution in [2.75, 3.05) is 13.7 Å². The van der Waals surface area contributed by atoms with Crippen molar-refractivity contribution >= 4 is 5.91 Å². The fraction of sp³-hybridized carbons (Fsp3) is 0.333. The molecule has 0 atom stereocenters. The van der Waals surface area contributed by atoms with Crippen molar-refractivity contribution in [1.82, 2.24) is 25.1 Å². The van der Waals surface area contributed by atoms with Crippen LogP contribution in [0.4, 0.5) is 4.39 Å². The molecule has 1 aromatic heterocycles. The molecule has 8 heteroatoms. The maximum atomic E-state index is 13.9. The molecule has 3 aromatic rings. The average molecular weight is 397 g/mol. The summed E-state index contributed by atoms with van der Waals surface area (Å²) in [5, 5.41) is 12.3. The van der Waals surface area contributed by atoms with E-state index in [1.807, 2.05) is 31.2 Å². The first-order chi connectivity index (χ1) is 14.0. The number of aromatic nitrogens is 4. The van der Waals surface area contributed by atoms with E-state index in [0.29, 0.717) is 17.9 Å². The van der Waals surface area contributed by atoms with Gasteiger partial charge < -0.3 is 9.64 Å². The molecule has 2 aromatic carbocycles. The van der Waals surface area contributed by atoms with Crippen molar-refractivity contribution in [1.29, 1.82) is 0 Å². The Morgan fingerprint density at radius 3 is 2.48 bits per heavy atom. The highest BCUT2D eigenvalue weighted by molar-refractivity contribution is 5.75. The van der Waals surface area contributed by atoms with Gasteiger partial charge in [-0.2, -0.15) is 4.80 Å². The van der Waals surface area contributed by atoms with Gasteiger partial charge in [-0.05, 0) is 41.8 Å². The van der Waals surface area contributed by atoms with Crippen LogP contribution in [-0.4, -0.2) is 44.7 Å². The smallest absolute Gasteiger partial charge is 0.246 e. The van der Waals surface area contributed by atoms with Gasteiger partial charge in [-0.15, -0.1) is 10.2 Å². The first-order valence-corrected chi connectivity index (χ1v) is 9.51. The Morgan fingerprint density at radius 1 is 1.14 bits per heavy atom. The summed E-state index contributed by atoms with van der Waals surface area (Å²) in [5.74, 6) is 0.0225. The van der Waals surface area contributed by atoms with E-state index in [1.54, 1.807) is 17.0 Å². The van der Waals surface area contributed by atoms with E-state index >= 15 is 0 Å². The molecule has 0 aliphatic heterocycles. The number of tetrazole rings is 1. The van der Waals surface area contributed by atoms with Crippen molar-refractivity contribution in [2.24, 2.45) is 0 Å². The molecule has 1 amide bonds. The molecule has 7 nitrogen and oxygen atoms in total. The van der Waals surface area contributed by atoms with E-state index in [0.717, 1.165) is 12.0 Å². The van der Waals surface area contributed by atoms with Gasteiger partial charge in [0.05, 0.1) is 7.11 Å². The fourth-order valence-corrected chi connectivity index (χ4v) is 2.94. The van der Waals surface area contributed by atoms with Crippen LogP contribution in [0.1, 0.15) is 25.0 Å². The second-order valence-electron chi connectivity index (χ2n) is 6.57. The molecule has 0 aliphatic carbocycles. The number of nitrogens with zero attached hydrogens (tertiary/aromatic N) is 5. The molecule has 0 unspecified atom stereocenters. The number of hydrogen-bond donors (Lipinski definition) is 0. The molecule has 0 aliphatic rings. The average Bonchev–Trinajstić information content (AvgIpc) is 3.20.